The highest BCUT2D eigenvalue weighted by molar-refractivity contribution is 5.30. The summed E-state index contributed by atoms with van der Waals surface area (Å²) in [6, 6.07) is 15.0. The molecule has 0 bridgehead atoms. The van der Waals surface area contributed by atoms with Crippen LogP contribution in [0.3, 0.4) is 0 Å². The van der Waals surface area contributed by atoms with E-state index in [1.54, 1.807) is 6.07 Å². The van der Waals surface area contributed by atoms with Crippen molar-refractivity contribution in [3.63, 3.8) is 0 Å². The van der Waals surface area contributed by atoms with E-state index in [2.05, 4.69) is 13.5 Å². The first kappa shape index (κ1) is 28.2. The van der Waals surface area contributed by atoms with Crippen molar-refractivity contribution in [1.29, 1.82) is 0 Å². The van der Waals surface area contributed by atoms with E-state index in [0.717, 1.165) is 48.4 Å². The molecular weight excluding hydrogens is 432 g/mol. The molecule has 5 atom stereocenters. The maximum atomic E-state index is 11.6. The third kappa shape index (κ3) is 6.75. The first-order valence-corrected chi connectivity index (χ1v) is 12.0. The third-order valence-corrected chi connectivity index (χ3v) is 6.40. The number of hydrogen-bond acceptors (Lipinski definition) is 6. The van der Waals surface area contributed by atoms with Crippen LogP contribution in [-0.4, -0.2) is 66.8 Å². The summed E-state index contributed by atoms with van der Waals surface area (Å²) in [5.74, 6) is 0. The Morgan fingerprint density at radius 1 is 0.824 bits per heavy atom. The van der Waals surface area contributed by atoms with Crippen molar-refractivity contribution in [2.45, 2.75) is 81.9 Å². The van der Waals surface area contributed by atoms with Crippen LogP contribution in [-0.2, 0) is 25.7 Å². The lowest BCUT2D eigenvalue weighted by Gasteiger charge is -2.45. The van der Waals surface area contributed by atoms with E-state index in [1.807, 2.05) is 49.4 Å². The van der Waals surface area contributed by atoms with Crippen molar-refractivity contribution >= 4 is 0 Å². The highest BCUT2D eigenvalue weighted by atomic mass is 16.4. The van der Waals surface area contributed by atoms with Crippen molar-refractivity contribution in [2.75, 3.05) is 6.61 Å². The van der Waals surface area contributed by atoms with Gasteiger partial charge in [-0.25, -0.2) is 0 Å². The summed E-state index contributed by atoms with van der Waals surface area (Å²) < 4.78 is 0. The molecule has 2 rings (SSSR count). The largest absolute Gasteiger partial charge is 0.394 e. The molecule has 0 heterocycles. The Balaban J connectivity index is 2.45. The Bertz CT molecular complexity index is 915. The van der Waals surface area contributed by atoms with E-state index in [9.17, 15) is 30.6 Å². The molecule has 6 nitrogen and oxygen atoms in total. The average molecular weight is 473 g/mol. The van der Waals surface area contributed by atoms with Gasteiger partial charge in [0.15, 0.2) is 0 Å². The molecule has 0 aromatic heterocycles. The van der Waals surface area contributed by atoms with E-state index in [1.165, 1.54) is 0 Å². The Morgan fingerprint density at radius 3 is 1.74 bits per heavy atom. The summed E-state index contributed by atoms with van der Waals surface area (Å²) in [6.07, 6.45) is -1.16. The van der Waals surface area contributed by atoms with Crippen molar-refractivity contribution in [1.82, 2.24) is 0 Å². The zero-order valence-electron chi connectivity index (χ0n) is 20.3. The molecule has 2 aromatic rings. The fourth-order valence-electron chi connectivity index (χ4n) is 4.53. The summed E-state index contributed by atoms with van der Waals surface area (Å²) in [5, 5.41) is 64.8. The molecule has 0 aliphatic heterocycles. The topological polar surface area (TPSA) is 121 Å². The van der Waals surface area contributed by atoms with E-state index in [-0.39, 0.29) is 12.8 Å². The monoisotopic (exact) mass is 472 g/mol. The van der Waals surface area contributed by atoms with Crippen LogP contribution in [0.25, 0.3) is 0 Å². The Morgan fingerprint density at radius 2 is 1.29 bits per heavy atom. The number of hydrogen-bond donors (Lipinski definition) is 6. The van der Waals surface area contributed by atoms with Gasteiger partial charge in [0.05, 0.1) is 6.61 Å². The van der Waals surface area contributed by atoms with Crippen molar-refractivity contribution in [3.05, 3.63) is 83.4 Å². The minimum absolute atomic E-state index is 0.0602. The van der Waals surface area contributed by atoms with Crippen LogP contribution in [0.15, 0.2) is 61.2 Å². The lowest BCUT2D eigenvalue weighted by atomic mass is 9.73. The van der Waals surface area contributed by atoms with Gasteiger partial charge in [-0.1, -0.05) is 81.3 Å². The number of benzene rings is 2. The van der Waals surface area contributed by atoms with Crippen LogP contribution >= 0.6 is 0 Å². The van der Waals surface area contributed by atoms with E-state index < -0.39 is 36.1 Å². The van der Waals surface area contributed by atoms with Gasteiger partial charge < -0.3 is 30.6 Å². The average Bonchev–Trinajstić information content (AvgIpc) is 2.83. The molecule has 1 unspecified atom stereocenters. The first-order chi connectivity index (χ1) is 16.1. The summed E-state index contributed by atoms with van der Waals surface area (Å²) in [7, 11) is 0. The van der Waals surface area contributed by atoms with Gasteiger partial charge in [0.25, 0.3) is 0 Å². The molecule has 6 heteroatoms. The quantitative estimate of drug-likeness (QED) is 0.234. The van der Waals surface area contributed by atoms with Crippen molar-refractivity contribution < 1.29 is 30.6 Å². The highest BCUT2D eigenvalue weighted by Crippen LogP contribution is 2.33. The summed E-state index contributed by atoms with van der Waals surface area (Å²) in [4.78, 5) is 0. The summed E-state index contributed by atoms with van der Waals surface area (Å²) in [6.45, 7) is 6.97. The molecule has 2 aromatic carbocycles. The predicted molar refractivity (Wildman–Crippen MR) is 133 cm³/mol. The fraction of sp³-hybridized carbons (Fsp3) is 0.500. The predicted octanol–water partition coefficient (Wildman–Crippen LogP) is 2.10. The minimum Gasteiger partial charge on any atom is -0.394 e. The van der Waals surface area contributed by atoms with Crippen molar-refractivity contribution in [2.24, 2.45) is 0 Å². The minimum atomic E-state index is -2.38. The van der Waals surface area contributed by atoms with Gasteiger partial charge in [0.1, 0.15) is 29.5 Å². The second-order valence-electron chi connectivity index (χ2n) is 9.28. The smallest absolute Gasteiger partial charge is 0.126 e. The lowest BCUT2D eigenvalue weighted by molar-refractivity contribution is -0.218. The van der Waals surface area contributed by atoms with Crippen molar-refractivity contribution in [3.8, 4) is 0 Å². The second kappa shape index (κ2) is 12.6. The Labute approximate surface area is 202 Å². The molecular formula is C28H40O6. The molecule has 0 spiro atoms. The molecule has 188 valence electrons. The Hall–Kier alpha value is -2.06. The normalized spacial score (nSPS) is 17.9. The molecule has 6 N–H and O–H groups in total. The number of rotatable bonds is 14. The maximum absolute atomic E-state index is 11.6. The van der Waals surface area contributed by atoms with E-state index >= 15 is 0 Å². The fourth-order valence-corrected chi connectivity index (χ4v) is 4.53. The third-order valence-electron chi connectivity index (χ3n) is 6.40. The van der Waals surface area contributed by atoms with Gasteiger partial charge in [-0.05, 0) is 35.1 Å². The number of aliphatic hydroxyl groups excluding tert-OH is 4. The SMILES string of the molecule is C=CC(O)(Cc1cccc(CCC)c1)[C@@H](O)[C@@](O)(Cc1cccc(CCC)c1)[C@H](O)[C@@H](O)CO. The number of aliphatic hydroxyl groups is 6. The molecule has 34 heavy (non-hydrogen) atoms. The maximum Gasteiger partial charge on any atom is 0.126 e. The van der Waals surface area contributed by atoms with Gasteiger partial charge in [-0.15, -0.1) is 6.58 Å². The van der Waals surface area contributed by atoms with Crippen LogP contribution in [0.2, 0.25) is 0 Å². The highest BCUT2D eigenvalue weighted by Gasteiger charge is 2.53. The zero-order chi connectivity index (χ0) is 25.4. The molecule has 0 fully saturated rings. The van der Waals surface area contributed by atoms with Crippen LogP contribution in [0, 0.1) is 0 Å². The number of aryl methyl sites for hydroxylation is 2. The molecule has 0 aliphatic rings. The molecule has 0 amide bonds. The van der Waals surface area contributed by atoms with Gasteiger partial charge in [-0.3, -0.25) is 0 Å². The molecule has 0 radical (unpaired) electrons. The van der Waals surface area contributed by atoms with E-state index in [4.69, 9.17) is 0 Å². The van der Waals surface area contributed by atoms with Crippen LogP contribution < -0.4 is 0 Å². The zero-order valence-corrected chi connectivity index (χ0v) is 20.3. The van der Waals surface area contributed by atoms with Crippen LogP contribution in [0.4, 0.5) is 0 Å². The molecule has 0 saturated carbocycles. The first-order valence-electron chi connectivity index (χ1n) is 12.0. The molecule has 0 aliphatic carbocycles. The van der Waals surface area contributed by atoms with Gasteiger partial charge >= 0.3 is 0 Å². The standard InChI is InChI=1S/C28H40O6/c1-4-9-20-11-7-13-22(15-20)17-27(33,6-3)26(32)28(34,25(31)24(30)19-29)18-23-14-8-12-21(16-23)10-5-2/h6-8,11-16,24-26,29-34H,3-5,9-10,17-19H2,1-2H3/t24-,25+,26+,27?,28+/m0/s1. The summed E-state index contributed by atoms with van der Waals surface area (Å²) in [5.41, 5.74) is -0.932. The van der Waals surface area contributed by atoms with Crippen LogP contribution in [0.1, 0.15) is 48.9 Å². The summed E-state index contributed by atoms with van der Waals surface area (Å²) >= 11 is 0. The van der Waals surface area contributed by atoms with Gasteiger partial charge in [0, 0.05) is 12.8 Å². The van der Waals surface area contributed by atoms with E-state index in [0.29, 0.717) is 5.56 Å². The lowest BCUT2D eigenvalue weighted by Crippen LogP contribution is -2.66. The second-order valence-corrected chi connectivity index (χ2v) is 9.28. The molecule has 0 saturated heterocycles. The van der Waals surface area contributed by atoms with Gasteiger partial charge in [0.2, 0.25) is 0 Å². The van der Waals surface area contributed by atoms with Gasteiger partial charge in [-0.2, -0.15) is 0 Å². The Kier molecular flexibility index (Phi) is 10.4. The van der Waals surface area contributed by atoms with Crippen LogP contribution in [0.5, 0.6) is 0 Å².